The van der Waals surface area contributed by atoms with Crippen LogP contribution in [-0.4, -0.2) is 33.5 Å². The van der Waals surface area contributed by atoms with Gasteiger partial charge in [-0.3, -0.25) is 0 Å². The molecule has 2 aromatic rings. The largest absolute Gasteiger partial charge is 0.503 e. The van der Waals surface area contributed by atoms with Crippen LogP contribution in [0.3, 0.4) is 0 Å². The minimum absolute atomic E-state index is 0.116. The predicted molar refractivity (Wildman–Crippen MR) is 97.4 cm³/mol. The van der Waals surface area contributed by atoms with Crippen molar-refractivity contribution in [1.29, 1.82) is 0 Å². The zero-order valence-corrected chi connectivity index (χ0v) is 15.3. The minimum atomic E-state index is -0.116. The lowest BCUT2D eigenvalue weighted by molar-refractivity contribution is 0.290. The quantitative estimate of drug-likeness (QED) is 0.589. The van der Waals surface area contributed by atoms with Gasteiger partial charge in [0.25, 0.3) is 0 Å². The first-order chi connectivity index (χ1) is 13.1. The Hall–Kier alpha value is -3.46. The van der Waals surface area contributed by atoms with E-state index in [9.17, 15) is 5.11 Å². The first kappa shape index (κ1) is 18.3. The fourth-order valence-electron chi connectivity index (χ4n) is 2.81. The third-order valence-electron chi connectivity index (χ3n) is 4.10. The molecule has 9 nitrogen and oxygen atoms in total. The molecule has 0 radical (unpaired) electrons. The standard InChI is InChI=1S/C18H19N3O6/c1-23-11-6-5-10-14(16(11)22)20-21-15(10)17(27-19)9-7-12(24-2)18(26-4)13(8-9)25-3/h5-8,22H,19H2,1-4H3/b17-15+. The molecule has 0 aliphatic carbocycles. The number of aromatic hydroxyl groups is 1. The Morgan fingerprint density at radius 2 is 1.52 bits per heavy atom. The smallest absolute Gasteiger partial charge is 0.203 e. The number of nitrogens with zero attached hydrogens (tertiary/aromatic N) is 2. The topological polar surface area (TPSA) is 117 Å². The molecule has 0 amide bonds. The van der Waals surface area contributed by atoms with Crippen LogP contribution in [0, 0.1) is 0 Å². The van der Waals surface area contributed by atoms with Crippen molar-refractivity contribution in [3.63, 3.8) is 0 Å². The number of ether oxygens (including phenoxy) is 4. The summed E-state index contributed by atoms with van der Waals surface area (Å²) in [6.07, 6.45) is 0. The number of azo groups is 1. The molecule has 142 valence electrons. The van der Waals surface area contributed by atoms with Gasteiger partial charge in [-0.2, -0.15) is 5.90 Å². The monoisotopic (exact) mass is 373 g/mol. The zero-order chi connectivity index (χ0) is 19.6. The Kier molecular flexibility index (Phi) is 5.04. The van der Waals surface area contributed by atoms with Gasteiger partial charge in [0.15, 0.2) is 28.8 Å². The van der Waals surface area contributed by atoms with E-state index in [0.717, 1.165) is 0 Å². The Balaban J connectivity index is 2.21. The van der Waals surface area contributed by atoms with Crippen LogP contribution >= 0.6 is 0 Å². The van der Waals surface area contributed by atoms with Gasteiger partial charge >= 0.3 is 0 Å². The molecule has 0 fully saturated rings. The van der Waals surface area contributed by atoms with E-state index in [2.05, 4.69) is 10.2 Å². The Bertz CT molecular complexity index is 914. The van der Waals surface area contributed by atoms with E-state index in [1.807, 2.05) is 0 Å². The molecule has 27 heavy (non-hydrogen) atoms. The van der Waals surface area contributed by atoms with E-state index in [-0.39, 0.29) is 22.9 Å². The second-order valence-corrected chi connectivity index (χ2v) is 5.42. The molecule has 2 aromatic carbocycles. The molecule has 0 atom stereocenters. The van der Waals surface area contributed by atoms with Gasteiger partial charge in [-0.1, -0.05) is 0 Å². The summed E-state index contributed by atoms with van der Waals surface area (Å²) in [7, 11) is 5.98. The molecule has 0 spiro atoms. The van der Waals surface area contributed by atoms with E-state index in [1.165, 1.54) is 28.4 Å². The van der Waals surface area contributed by atoms with Gasteiger partial charge in [0.05, 0.1) is 28.4 Å². The van der Waals surface area contributed by atoms with Gasteiger partial charge in [0.1, 0.15) is 11.4 Å². The number of fused-ring (bicyclic) bond motifs is 1. The third kappa shape index (κ3) is 2.97. The summed E-state index contributed by atoms with van der Waals surface area (Å²) in [5.74, 6) is 7.21. The number of phenolic OH excluding ortho intramolecular Hbond substituents is 1. The highest BCUT2D eigenvalue weighted by Crippen LogP contribution is 2.49. The molecule has 0 aromatic heterocycles. The second-order valence-electron chi connectivity index (χ2n) is 5.42. The van der Waals surface area contributed by atoms with Crippen molar-refractivity contribution in [2.75, 3.05) is 28.4 Å². The highest BCUT2D eigenvalue weighted by molar-refractivity contribution is 5.94. The number of phenols is 1. The van der Waals surface area contributed by atoms with Crippen molar-refractivity contribution < 1.29 is 28.9 Å². The summed E-state index contributed by atoms with van der Waals surface area (Å²) in [4.78, 5) is 5.11. The minimum Gasteiger partial charge on any atom is -0.503 e. The molecular weight excluding hydrogens is 354 g/mol. The number of hydrogen-bond acceptors (Lipinski definition) is 9. The lowest BCUT2D eigenvalue weighted by Crippen LogP contribution is -2.03. The van der Waals surface area contributed by atoms with Gasteiger partial charge in [0, 0.05) is 11.1 Å². The van der Waals surface area contributed by atoms with Gasteiger partial charge in [-0.05, 0) is 24.3 Å². The molecule has 1 heterocycles. The van der Waals surface area contributed by atoms with Crippen LogP contribution in [0.5, 0.6) is 28.7 Å². The summed E-state index contributed by atoms with van der Waals surface area (Å²) in [5, 5.41) is 18.4. The number of methoxy groups -OCH3 is 4. The van der Waals surface area contributed by atoms with Crippen LogP contribution in [0.2, 0.25) is 0 Å². The van der Waals surface area contributed by atoms with Crippen LogP contribution in [0.4, 0.5) is 5.69 Å². The molecule has 0 bridgehead atoms. The summed E-state index contributed by atoms with van der Waals surface area (Å²) in [6.45, 7) is 0. The van der Waals surface area contributed by atoms with E-state index < -0.39 is 0 Å². The molecule has 3 N–H and O–H groups in total. The van der Waals surface area contributed by atoms with Crippen molar-refractivity contribution in [3.05, 3.63) is 35.4 Å². The second kappa shape index (κ2) is 7.42. The average molecular weight is 373 g/mol. The molecule has 3 rings (SSSR count). The summed E-state index contributed by atoms with van der Waals surface area (Å²) >= 11 is 0. The van der Waals surface area contributed by atoms with Crippen molar-refractivity contribution >= 4 is 17.1 Å². The molecule has 0 saturated heterocycles. The molecular formula is C18H19N3O6. The number of rotatable bonds is 6. The highest BCUT2D eigenvalue weighted by Gasteiger charge is 2.26. The molecule has 9 heteroatoms. The average Bonchev–Trinajstić information content (AvgIpc) is 3.12. The van der Waals surface area contributed by atoms with Crippen molar-refractivity contribution in [2.45, 2.75) is 0 Å². The molecule has 1 aliphatic rings. The fourth-order valence-corrected chi connectivity index (χ4v) is 2.81. The van der Waals surface area contributed by atoms with E-state index in [1.54, 1.807) is 24.3 Å². The summed E-state index contributed by atoms with van der Waals surface area (Å²) in [5.41, 5.74) is 1.69. The van der Waals surface area contributed by atoms with Crippen LogP contribution in [0.25, 0.3) is 11.5 Å². The first-order valence-electron chi connectivity index (χ1n) is 7.83. The van der Waals surface area contributed by atoms with Gasteiger partial charge < -0.3 is 28.9 Å². The van der Waals surface area contributed by atoms with Crippen LogP contribution in [0.1, 0.15) is 11.1 Å². The predicted octanol–water partition coefficient (Wildman–Crippen LogP) is 3.24. The maximum absolute atomic E-state index is 10.3. The first-order valence-corrected chi connectivity index (χ1v) is 7.83. The number of nitrogens with two attached hydrogens (primary N) is 1. The third-order valence-corrected chi connectivity index (χ3v) is 4.10. The van der Waals surface area contributed by atoms with Crippen molar-refractivity contribution in [3.8, 4) is 28.7 Å². The van der Waals surface area contributed by atoms with Crippen LogP contribution in [0.15, 0.2) is 34.5 Å². The SMILES string of the molecule is COc1ccc2c(c1O)N=N/C2=C(/ON)c1cc(OC)c(OC)c(OC)c1. The lowest BCUT2D eigenvalue weighted by Gasteiger charge is -2.15. The Labute approximate surface area is 155 Å². The van der Waals surface area contributed by atoms with Crippen molar-refractivity contribution in [1.82, 2.24) is 0 Å². The molecule has 0 saturated carbocycles. The highest BCUT2D eigenvalue weighted by atomic mass is 16.6. The summed E-state index contributed by atoms with van der Waals surface area (Å²) in [6, 6.07) is 6.66. The van der Waals surface area contributed by atoms with Gasteiger partial charge in [-0.15, -0.1) is 10.2 Å². The van der Waals surface area contributed by atoms with Gasteiger partial charge in [-0.25, -0.2) is 0 Å². The van der Waals surface area contributed by atoms with Gasteiger partial charge in [0.2, 0.25) is 5.75 Å². The molecule has 0 unspecified atom stereocenters. The van der Waals surface area contributed by atoms with E-state index >= 15 is 0 Å². The Morgan fingerprint density at radius 1 is 0.889 bits per heavy atom. The van der Waals surface area contributed by atoms with E-state index in [4.69, 9.17) is 29.7 Å². The maximum atomic E-state index is 10.3. The maximum Gasteiger partial charge on any atom is 0.203 e. The normalized spacial score (nSPS) is 13.8. The zero-order valence-electron chi connectivity index (χ0n) is 15.3. The van der Waals surface area contributed by atoms with E-state index in [0.29, 0.717) is 34.1 Å². The fraction of sp³-hybridized carbons (Fsp3) is 0.222. The number of hydrogen-bond donors (Lipinski definition) is 2. The Morgan fingerprint density at radius 3 is 2.04 bits per heavy atom. The molecule has 1 aliphatic heterocycles. The number of benzene rings is 2. The van der Waals surface area contributed by atoms with Crippen LogP contribution < -0.4 is 24.8 Å². The van der Waals surface area contributed by atoms with Crippen LogP contribution in [-0.2, 0) is 4.84 Å². The van der Waals surface area contributed by atoms with Crippen molar-refractivity contribution in [2.24, 2.45) is 16.1 Å². The summed E-state index contributed by atoms with van der Waals surface area (Å²) < 4.78 is 21.1. The lowest BCUT2D eigenvalue weighted by atomic mass is 10.0.